The molecule has 0 radical (unpaired) electrons. The van der Waals surface area contributed by atoms with Crippen LogP contribution in [0.2, 0.25) is 0 Å². The second-order valence-electron chi connectivity index (χ2n) is 10.8. The number of carbonyl (C=O) groups is 4. The number of allylic oxidation sites excluding steroid dienone is 6. The van der Waals surface area contributed by atoms with Gasteiger partial charge in [-0.15, -0.1) is 0 Å². The van der Waals surface area contributed by atoms with Gasteiger partial charge in [0, 0.05) is 42.4 Å². The molecule has 2 aromatic rings. The minimum atomic E-state index is -5.08. The molecule has 0 fully saturated rings. The summed E-state index contributed by atoms with van der Waals surface area (Å²) in [6.45, 7) is 1.83. The molecule has 3 heterocycles. The van der Waals surface area contributed by atoms with E-state index in [9.17, 15) is 27.6 Å². The number of aryl methyl sites for hydroxylation is 1. The molecule has 0 bridgehead atoms. The number of hydrogen-bond donors (Lipinski definition) is 3. The largest absolute Gasteiger partial charge is 0.490 e. The Balaban J connectivity index is 0.000000515. The van der Waals surface area contributed by atoms with Crippen LogP contribution in [0.5, 0.6) is 0 Å². The van der Waals surface area contributed by atoms with Crippen LogP contribution >= 0.6 is 31.9 Å². The maximum Gasteiger partial charge on any atom is 0.490 e. The van der Waals surface area contributed by atoms with E-state index in [2.05, 4.69) is 54.6 Å². The van der Waals surface area contributed by atoms with Crippen molar-refractivity contribution in [1.82, 2.24) is 15.2 Å². The van der Waals surface area contributed by atoms with Gasteiger partial charge >= 0.3 is 12.1 Å². The van der Waals surface area contributed by atoms with E-state index < -0.39 is 17.6 Å². The molecule has 14 heteroatoms. The first-order valence-electron chi connectivity index (χ1n) is 14.0. The van der Waals surface area contributed by atoms with Gasteiger partial charge < -0.3 is 20.3 Å². The van der Waals surface area contributed by atoms with Crippen molar-refractivity contribution in [3.63, 3.8) is 0 Å². The fourth-order valence-corrected chi connectivity index (χ4v) is 7.41. The summed E-state index contributed by atoms with van der Waals surface area (Å²) >= 11 is 6.87. The SMILES string of the molecule is O=C(Cn1cc2c3c1C(=O)C1=C(C3=NCC2)C2(C=C(Br)C(=O)C(Br)=C2)CCN1)NCCCc1ccccc1.O=C(O)C(F)(F)F. The van der Waals surface area contributed by atoms with Crippen LogP contribution < -0.4 is 10.6 Å². The van der Waals surface area contributed by atoms with Gasteiger partial charge in [0.25, 0.3) is 0 Å². The lowest BCUT2D eigenvalue weighted by Gasteiger charge is -2.41. The topological polar surface area (TPSA) is 130 Å². The van der Waals surface area contributed by atoms with Crippen molar-refractivity contribution in [2.24, 2.45) is 10.4 Å². The fraction of sp³-hybridized carbons (Fsp3) is 0.323. The zero-order valence-corrected chi connectivity index (χ0v) is 26.8. The first-order chi connectivity index (χ1) is 21.3. The van der Waals surface area contributed by atoms with Crippen LogP contribution in [0.3, 0.4) is 0 Å². The van der Waals surface area contributed by atoms with Gasteiger partial charge in [-0.1, -0.05) is 42.5 Å². The van der Waals surface area contributed by atoms with Crippen LogP contribution in [0.25, 0.3) is 0 Å². The van der Waals surface area contributed by atoms with Gasteiger partial charge in [-0.2, -0.15) is 13.2 Å². The van der Waals surface area contributed by atoms with E-state index in [0.717, 1.165) is 35.3 Å². The van der Waals surface area contributed by atoms with Gasteiger partial charge in [0.15, 0.2) is 0 Å². The lowest BCUT2D eigenvalue weighted by molar-refractivity contribution is -0.192. The van der Waals surface area contributed by atoms with Crippen molar-refractivity contribution in [2.75, 3.05) is 19.6 Å². The summed E-state index contributed by atoms with van der Waals surface area (Å²) in [6, 6.07) is 10.2. The number of hydrogen-bond acceptors (Lipinski definition) is 6. The van der Waals surface area contributed by atoms with Crippen molar-refractivity contribution in [3.8, 4) is 0 Å². The Morgan fingerprint density at radius 2 is 1.76 bits per heavy atom. The number of alkyl halides is 3. The number of carbonyl (C=O) groups excluding carboxylic acids is 3. The number of carboxylic acid groups (broad SMARTS) is 1. The number of amides is 1. The number of nitrogens with zero attached hydrogens (tertiary/aromatic N) is 2. The molecule has 0 atom stereocenters. The highest BCUT2D eigenvalue weighted by Crippen LogP contribution is 2.49. The maximum absolute atomic E-state index is 14.0. The highest BCUT2D eigenvalue weighted by molar-refractivity contribution is 9.13. The molecule has 3 N–H and O–H groups in total. The number of aliphatic carboxylic acids is 1. The summed E-state index contributed by atoms with van der Waals surface area (Å²) in [5.41, 5.74) is 5.07. The summed E-state index contributed by atoms with van der Waals surface area (Å²) < 4.78 is 34.5. The van der Waals surface area contributed by atoms with E-state index in [1.54, 1.807) is 4.57 Å². The number of halogens is 5. The lowest BCUT2D eigenvalue weighted by Crippen LogP contribution is -2.45. The predicted molar refractivity (Wildman–Crippen MR) is 166 cm³/mol. The minimum Gasteiger partial charge on any atom is -0.475 e. The Bertz CT molecular complexity index is 1680. The lowest BCUT2D eigenvalue weighted by atomic mass is 9.66. The molecule has 236 valence electrons. The smallest absolute Gasteiger partial charge is 0.475 e. The number of benzene rings is 1. The van der Waals surface area contributed by atoms with Crippen LogP contribution in [-0.2, 0) is 33.8 Å². The number of nitrogens with one attached hydrogen (secondary N) is 2. The Morgan fingerprint density at radius 1 is 1.09 bits per heavy atom. The monoisotopic (exact) mass is 750 g/mol. The number of rotatable bonds is 6. The standard InChI is InChI=1S/C29H26Br2N4O3.C2HF3O2/c30-19-13-29(14-20(31)27(19)37)9-12-34-25-23(29)24-22-18(8-11-33-24)15-35(26(22)28(25)38)16-21(36)32-10-4-7-17-5-2-1-3-6-17;3-2(4,5)1(6)7/h1-3,5-6,13-15,34H,4,7-12,16H2,(H,32,36);(H,6,7). The van der Waals surface area contributed by atoms with E-state index >= 15 is 0 Å². The molecule has 1 amide bonds. The molecular weight excluding hydrogens is 725 g/mol. The molecular formula is C31H27Br2F3N4O5. The van der Waals surface area contributed by atoms with Gasteiger partial charge in [0.1, 0.15) is 12.2 Å². The molecule has 0 saturated heterocycles. The molecule has 6 rings (SSSR count). The molecule has 4 aliphatic rings. The Morgan fingerprint density at radius 3 is 2.40 bits per heavy atom. The number of aromatic nitrogens is 1. The number of fused-ring (bicyclic) bond motifs is 2. The van der Waals surface area contributed by atoms with Gasteiger partial charge in [-0.05, 0) is 68.7 Å². The van der Waals surface area contributed by atoms with Crippen LogP contribution in [-0.4, -0.2) is 64.6 Å². The van der Waals surface area contributed by atoms with Crippen LogP contribution in [0.15, 0.2) is 73.9 Å². The second-order valence-corrected chi connectivity index (χ2v) is 12.5. The fourth-order valence-electron chi connectivity index (χ4n) is 5.90. The summed E-state index contributed by atoms with van der Waals surface area (Å²) in [5, 5.41) is 13.5. The maximum atomic E-state index is 14.0. The van der Waals surface area contributed by atoms with E-state index in [-0.39, 0.29) is 24.0 Å². The molecule has 2 aliphatic carbocycles. The normalized spacial score (nSPS) is 18.0. The first kappa shape index (κ1) is 32.6. The van der Waals surface area contributed by atoms with Crippen molar-refractivity contribution in [3.05, 3.63) is 91.3 Å². The molecule has 0 saturated carbocycles. The molecule has 2 aliphatic heterocycles. The first-order valence-corrected chi connectivity index (χ1v) is 15.6. The summed E-state index contributed by atoms with van der Waals surface area (Å²) in [4.78, 5) is 53.1. The summed E-state index contributed by atoms with van der Waals surface area (Å²) in [5.74, 6) is -3.13. The number of aliphatic imine (C=N–C) groups is 1. The number of Topliss-reactive ketones (excluding diaryl/α,β-unsaturated/α-hetero) is 2. The van der Waals surface area contributed by atoms with Crippen molar-refractivity contribution in [1.29, 1.82) is 0 Å². The van der Waals surface area contributed by atoms with Crippen molar-refractivity contribution < 1.29 is 37.5 Å². The third kappa shape index (κ3) is 6.62. The van der Waals surface area contributed by atoms with Gasteiger partial charge in [-0.3, -0.25) is 19.4 Å². The Hall–Kier alpha value is -3.78. The second kappa shape index (κ2) is 12.9. The average Bonchev–Trinajstić information content (AvgIpc) is 3.36. The zero-order valence-electron chi connectivity index (χ0n) is 23.6. The molecule has 9 nitrogen and oxygen atoms in total. The molecule has 45 heavy (non-hydrogen) atoms. The Kier molecular flexibility index (Phi) is 9.36. The summed E-state index contributed by atoms with van der Waals surface area (Å²) in [6.07, 6.45) is 3.81. The Labute approximate surface area is 272 Å². The summed E-state index contributed by atoms with van der Waals surface area (Å²) in [7, 11) is 0. The van der Waals surface area contributed by atoms with E-state index in [4.69, 9.17) is 14.9 Å². The van der Waals surface area contributed by atoms with Crippen LogP contribution in [0.4, 0.5) is 13.2 Å². The van der Waals surface area contributed by atoms with Crippen LogP contribution in [0, 0.1) is 5.41 Å². The van der Waals surface area contributed by atoms with E-state index in [1.165, 1.54) is 5.56 Å². The quantitative estimate of drug-likeness (QED) is 0.365. The van der Waals surface area contributed by atoms with Crippen molar-refractivity contribution >= 4 is 61.0 Å². The minimum absolute atomic E-state index is 0.0752. The average molecular weight is 752 g/mol. The van der Waals surface area contributed by atoms with Gasteiger partial charge in [-0.25, -0.2) is 4.79 Å². The zero-order chi connectivity index (χ0) is 32.5. The highest BCUT2D eigenvalue weighted by Gasteiger charge is 2.48. The molecule has 1 aromatic carbocycles. The van der Waals surface area contributed by atoms with Gasteiger partial charge in [0.05, 0.1) is 20.4 Å². The molecule has 1 aromatic heterocycles. The van der Waals surface area contributed by atoms with E-state index in [1.807, 2.05) is 36.5 Å². The third-order valence-electron chi connectivity index (χ3n) is 7.85. The number of ketones is 2. The third-order valence-corrected chi connectivity index (χ3v) is 9.02. The molecule has 0 unspecified atom stereocenters. The molecule has 1 spiro atoms. The van der Waals surface area contributed by atoms with E-state index in [0.29, 0.717) is 52.8 Å². The van der Waals surface area contributed by atoms with Crippen molar-refractivity contribution in [2.45, 2.75) is 38.4 Å². The number of carboxylic acids is 1. The highest BCUT2D eigenvalue weighted by atomic mass is 79.9. The van der Waals surface area contributed by atoms with Gasteiger partial charge in [0.2, 0.25) is 17.5 Å². The predicted octanol–water partition coefficient (Wildman–Crippen LogP) is 4.79. The van der Waals surface area contributed by atoms with Crippen LogP contribution in [0.1, 0.15) is 40.0 Å².